The Bertz CT molecular complexity index is 3940. The molecule has 13 aromatic carbocycles. The van der Waals surface area contributed by atoms with E-state index in [9.17, 15) is 0 Å². The van der Waals surface area contributed by atoms with Gasteiger partial charge in [-0.25, -0.2) is 0 Å². The summed E-state index contributed by atoms with van der Waals surface area (Å²) in [7, 11) is 0. The zero-order valence-electron chi connectivity index (χ0n) is 36.8. The summed E-state index contributed by atoms with van der Waals surface area (Å²) in [5.74, 6) is 0. The molecule has 0 saturated heterocycles. The lowest BCUT2D eigenvalue weighted by atomic mass is 9.81. The van der Waals surface area contributed by atoms with Gasteiger partial charge in [0.25, 0.3) is 0 Å². The highest BCUT2D eigenvalue weighted by Gasteiger charge is 2.23. The van der Waals surface area contributed by atoms with Crippen LogP contribution in [-0.4, -0.2) is 0 Å². The van der Waals surface area contributed by atoms with Gasteiger partial charge in [-0.05, 0) is 158 Å². The third-order valence-electron chi connectivity index (χ3n) is 13.8. The predicted molar refractivity (Wildman–Crippen MR) is 288 cm³/mol. The Morgan fingerprint density at radius 1 is 0.209 bits per heavy atom. The standard InChI is InChI=1S/C66H43N/c1-3-18-48(19-4-1)62-43-61(49-30-27-47(28-31-49)54-32-29-44-15-7-10-22-51(44)39-54)64(50-20-5-2-6-21-50)66-60-38-37-57(42-63(60)58-25-13-14-26-59(58)65(62)66)67(55-35-33-45-16-8-11-23-52(45)40-55)56-36-34-46-17-9-12-24-53(46)41-56/h1-43H. The summed E-state index contributed by atoms with van der Waals surface area (Å²) in [6.07, 6.45) is 0. The minimum absolute atomic E-state index is 1.10. The molecule has 0 heterocycles. The number of rotatable bonds is 7. The Morgan fingerprint density at radius 2 is 0.642 bits per heavy atom. The first-order valence-corrected chi connectivity index (χ1v) is 23.2. The van der Waals surface area contributed by atoms with Gasteiger partial charge in [0.2, 0.25) is 0 Å². The van der Waals surface area contributed by atoms with E-state index < -0.39 is 0 Å². The monoisotopic (exact) mass is 849 g/mol. The van der Waals surface area contributed by atoms with Crippen LogP contribution < -0.4 is 4.90 Å². The largest absolute Gasteiger partial charge is 0.310 e. The van der Waals surface area contributed by atoms with Crippen molar-refractivity contribution in [3.05, 3.63) is 261 Å². The summed E-state index contributed by atoms with van der Waals surface area (Å²) in [5, 5.41) is 14.8. The quantitative estimate of drug-likeness (QED) is 0.144. The molecular formula is C66H43N. The van der Waals surface area contributed by atoms with Crippen molar-refractivity contribution >= 4 is 81.7 Å². The number of hydrogen-bond acceptors (Lipinski definition) is 1. The molecule has 0 fully saturated rings. The van der Waals surface area contributed by atoms with Gasteiger partial charge in [-0.3, -0.25) is 0 Å². The normalized spacial score (nSPS) is 11.6. The Morgan fingerprint density at radius 3 is 1.27 bits per heavy atom. The van der Waals surface area contributed by atoms with Crippen molar-refractivity contribution in [3.63, 3.8) is 0 Å². The molecule has 1 nitrogen and oxygen atoms in total. The molecule has 0 aliphatic rings. The summed E-state index contributed by atoms with van der Waals surface area (Å²) >= 11 is 0. The number of anilines is 3. The maximum Gasteiger partial charge on any atom is 0.0468 e. The Kier molecular flexibility index (Phi) is 9.25. The Labute approximate surface area is 390 Å². The average Bonchev–Trinajstić information content (AvgIpc) is 3.41. The molecule has 0 amide bonds. The van der Waals surface area contributed by atoms with Crippen molar-refractivity contribution in [1.82, 2.24) is 0 Å². The van der Waals surface area contributed by atoms with Crippen molar-refractivity contribution in [2.75, 3.05) is 4.90 Å². The van der Waals surface area contributed by atoms with E-state index in [-0.39, 0.29) is 0 Å². The number of nitrogens with zero attached hydrogens (tertiary/aromatic N) is 1. The van der Waals surface area contributed by atoms with E-state index in [4.69, 9.17) is 0 Å². The van der Waals surface area contributed by atoms with Crippen LogP contribution in [0.4, 0.5) is 17.1 Å². The summed E-state index contributed by atoms with van der Waals surface area (Å²) < 4.78 is 0. The molecular weight excluding hydrogens is 807 g/mol. The fourth-order valence-electron chi connectivity index (χ4n) is 10.5. The molecule has 312 valence electrons. The van der Waals surface area contributed by atoms with Gasteiger partial charge in [-0.2, -0.15) is 0 Å². The van der Waals surface area contributed by atoms with Gasteiger partial charge < -0.3 is 4.90 Å². The molecule has 0 radical (unpaired) electrons. The average molecular weight is 850 g/mol. The van der Waals surface area contributed by atoms with Crippen LogP contribution in [0.5, 0.6) is 0 Å². The van der Waals surface area contributed by atoms with Crippen LogP contribution in [0.15, 0.2) is 261 Å². The molecule has 1 heteroatoms. The highest BCUT2D eigenvalue weighted by Crippen LogP contribution is 2.50. The van der Waals surface area contributed by atoms with Gasteiger partial charge in [-0.15, -0.1) is 0 Å². The van der Waals surface area contributed by atoms with Crippen molar-refractivity contribution in [2.45, 2.75) is 0 Å². The van der Waals surface area contributed by atoms with Crippen molar-refractivity contribution < 1.29 is 0 Å². The fraction of sp³-hybridized carbons (Fsp3) is 0. The maximum atomic E-state index is 2.46. The SMILES string of the molecule is c1ccc(-c2cc(-c3ccc(-c4ccc5ccccc5c4)cc3)c(-c3ccccc3)c3c4ccc(N(c5ccc6ccccc6c5)c5ccc6ccccc6c5)cc4c4ccccc4c23)cc1. The lowest BCUT2D eigenvalue weighted by Gasteiger charge is -2.27. The lowest BCUT2D eigenvalue weighted by Crippen LogP contribution is -2.10. The van der Waals surface area contributed by atoms with Crippen molar-refractivity contribution in [3.8, 4) is 44.5 Å². The second-order valence-electron chi connectivity index (χ2n) is 17.6. The molecule has 0 bridgehead atoms. The second kappa shape index (κ2) is 16.0. The lowest BCUT2D eigenvalue weighted by molar-refractivity contribution is 1.30. The van der Waals surface area contributed by atoms with Crippen LogP contribution in [0.3, 0.4) is 0 Å². The van der Waals surface area contributed by atoms with Crippen LogP contribution in [0.25, 0.3) is 109 Å². The van der Waals surface area contributed by atoms with E-state index in [0.29, 0.717) is 0 Å². The summed E-state index contributed by atoms with van der Waals surface area (Å²) in [5.41, 5.74) is 13.0. The van der Waals surface area contributed by atoms with Crippen LogP contribution in [0, 0.1) is 0 Å². The number of hydrogen-bond donors (Lipinski definition) is 0. The molecule has 0 aliphatic heterocycles. The molecule has 67 heavy (non-hydrogen) atoms. The minimum Gasteiger partial charge on any atom is -0.310 e. The smallest absolute Gasteiger partial charge is 0.0468 e. The van der Waals surface area contributed by atoms with E-state index in [2.05, 4.69) is 266 Å². The highest BCUT2D eigenvalue weighted by molar-refractivity contribution is 6.33. The zero-order valence-corrected chi connectivity index (χ0v) is 36.8. The fourth-order valence-corrected chi connectivity index (χ4v) is 10.5. The first-order chi connectivity index (χ1) is 33.2. The van der Waals surface area contributed by atoms with Gasteiger partial charge in [0.15, 0.2) is 0 Å². The van der Waals surface area contributed by atoms with Gasteiger partial charge in [0.1, 0.15) is 0 Å². The van der Waals surface area contributed by atoms with E-state index in [1.165, 1.54) is 109 Å². The van der Waals surface area contributed by atoms with Crippen LogP contribution >= 0.6 is 0 Å². The van der Waals surface area contributed by atoms with Gasteiger partial charge in [-0.1, -0.05) is 212 Å². The molecule has 0 aromatic heterocycles. The van der Waals surface area contributed by atoms with Gasteiger partial charge >= 0.3 is 0 Å². The van der Waals surface area contributed by atoms with Crippen LogP contribution in [0.1, 0.15) is 0 Å². The number of fused-ring (bicyclic) bond motifs is 9. The molecule has 13 aromatic rings. The van der Waals surface area contributed by atoms with Gasteiger partial charge in [0, 0.05) is 17.1 Å². The van der Waals surface area contributed by atoms with Crippen LogP contribution in [0.2, 0.25) is 0 Å². The third kappa shape index (κ3) is 6.71. The molecule has 0 N–H and O–H groups in total. The summed E-state index contributed by atoms with van der Waals surface area (Å²) in [6.45, 7) is 0. The summed E-state index contributed by atoms with van der Waals surface area (Å²) in [4.78, 5) is 2.43. The maximum absolute atomic E-state index is 2.46. The third-order valence-corrected chi connectivity index (χ3v) is 13.8. The molecule has 0 aliphatic carbocycles. The van der Waals surface area contributed by atoms with E-state index in [1.54, 1.807) is 0 Å². The molecule has 0 saturated carbocycles. The first kappa shape index (κ1) is 38.7. The Hall–Kier alpha value is -8.78. The van der Waals surface area contributed by atoms with E-state index >= 15 is 0 Å². The second-order valence-corrected chi connectivity index (χ2v) is 17.6. The van der Waals surface area contributed by atoms with Crippen molar-refractivity contribution in [1.29, 1.82) is 0 Å². The number of benzene rings is 13. The zero-order chi connectivity index (χ0) is 44.3. The molecule has 0 atom stereocenters. The van der Waals surface area contributed by atoms with Crippen LogP contribution in [-0.2, 0) is 0 Å². The predicted octanol–water partition coefficient (Wildman–Crippen LogP) is 18.7. The molecule has 13 rings (SSSR count). The Balaban J connectivity index is 1.10. The van der Waals surface area contributed by atoms with E-state index in [0.717, 1.165) is 17.1 Å². The molecule has 0 unspecified atom stereocenters. The first-order valence-electron chi connectivity index (χ1n) is 23.2. The topological polar surface area (TPSA) is 3.24 Å². The van der Waals surface area contributed by atoms with Crippen molar-refractivity contribution in [2.24, 2.45) is 0 Å². The molecule has 0 spiro atoms. The minimum atomic E-state index is 1.10. The van der Waals surface area contributed by atoms with Gasteiger partial charge in [0.05, 0.1) is 0 Å². The highest BCUT2D eigenvalue weighted by atomic mass is 15.1. The van der Waals surface area contributed by atoms with E-state index in [1.807, 2.05) is 0 Å². The summed E-state index contributed by atoms with van der Waals surface area (Å²) in [6, 6.07) is 96.1.